The number of fused-ring (bicyclic) bond motifs is 3. The van der Waals surface area contributed by atoms with Crippen LogP contribution in [-0.4, -0.2) is 54.4 Å². The summed E-state index contributed by atoms with van der Waals surface area (Å²) in [7, 11) is 9.11. The Hall–Kier alpha value is -4.86. The van der Waals surface area contributed by atoms with Gasteiger partial charge in [-0.2, -0.15) is 0 Å². The van der Waals surface area contributed by atoms with Crippen LogP contribution in [0.1, 0.15) is 39.4 Å². The molecular formula is C30H28O10. The molecule has 0 radical (unpaired) electrons. The number of hydrogen-bond donors (Lipinski definition) is 0. The van der Waals surface area contributed by atoms with Crippen LogP contribution in [0, 0.1) is 0 Å². The first-order valence-electron chi connectivity index (χ1n) is 12.3. The molecule has 0 saturated heterocycles. The highest BCUT2D eigenvalue weighted by Crippen LogP contribution is 2.51. The minimum Gasteiger partial charge on any atom is -0.496 e. The molecule has 2 heterocycles. The number of methoxy groups -OCH3 is 6. The van der Waals surface area contributed by atoms with E-state index in [0.717, 1.165) is 0 Å². The van der Waals surface area contributed by atoms with E-state index in [2.05, 4.69) is 0 Å². The molecular weight excluding hydrogens is 520 g/mol. The topological polar surface area (TPSA) is 108 Å². The molecule has 0 amide bonds. The summed E-state index contributed by atoms with van der Waals surface area (Å²) in [5, 5.41) is 0. The number of carbonyl (C=O) groups is 2. The summed E-state index contributed by atoms with van der Waals surface area (Å²) in [5.74, 6) is 2.15. The van der Waals surface area contributed by atoms with Crippen molar-refractivity contribution in [3.8, 4) is 46.0 Å². The highest BCUT2D eigenvalue weighted by Gasteiger charge is 2.39. The molecule has 2 aliphatic rings. The summed E-state index contributed by atoms with van der Waals surface area (Å²) in [6, 6.07) is 10.1. The quantitative estimate of drug-likeness (QED) is 0.221. The van der Waals surface area contributed by atoms with Gasteiger partial charge in [-0.25, -0.2) is 0 Å². The van der Waals surface area contributed by atoms with E-state index in [1.54, 1.807) is 42.5 Å². The van der Waals surface area contributed by atoms with Crippen LogP contribution >= 0.6 is 0 Å². The van der Waals surface area contributed by atoms with Gasteiger partial charge in [-0.3, -0.25) is 9.59 Å². The fourth-order valence-corrected chi connectivity index (χ4v) is 5.00. The van der Waals surface area contributed by atoms with E-state index in [-0.39, 0.29) is 18.0 Å². The Morgan fingerprint density at radius 3 is 1.95 bits per heavy atom. The molecule has 0 N–H and O–H groups in total. The van der Waals surface area contributed by atoms with Gasteiger partial charge in [0.05, 0.1) is 54.6 Å². The van der Waals surface area contributed by atoms with Crippen LogP contribution in [0.5, 0.6) is 46.0 Å². The average molecular weight is 549 g/mol. The number of ether oxygens (including phenoxy) is 8. The number of hydrogen-bond acceptors (Lipinski definition) is 10. The zero-order valence-corrected chi connectivity index (χ0v) is 22.9. The maximum absolute atomic E-state index is 13.5. The number of ketones is 1. The lowest BCUT2D eigenvalue weighted by Gasteiger charge is -2.27. The van der Waals surface area contributed by atoms with Gasteiger partial charge < -0.3 is 37.9 Å². The number of benzene rings is 3. The second-order valence-corrected chi connectivity index (χ2v) is 8.93. The first kappa shape index (κ1) is 26.7. The van der Waals surface area contributed by atoms with Gasteiger partial charge in [0, 0.05) is 23.1 Å². The minimum absolute atomic E-state index is 0.0161. The highest BCUT2D eigenvalue weighted by molar-refractivity contribution is 6.15. The summed E-state index contributed by atoms with van der Waals surface area (Å²) < 4.78 is 44.6. The summed E-state index contributed by atoms with van der Waals surface area (Å²) in [6.07, 6.45) is 1.60. The van der Waals surface area contributed by atoms with Crippen molar-refractivity contribution in [3.63, 3.8) is 0 Å². The molecule has 0 saturated carbocycles. The van der Waals surface area contributed by atoms with Gasteiger partial charge >= 0.3 is 5.97 Å². The van der Waals surface area contributed by atoms with Gasteiger partial charge in [0.15, 0.2) is 28.8 Å². The van der Waals surface area contributed by atoms with E-state index in [1.165, 1.54) is 42.7 Å². The number of esters is 1. The van der Waals surface area contributed by atoms with Crippen LogP contribution in [0.4, 0.5) is 0 Å². The molecule has 208 valence electrons. The maximum Gasteiger partial charge on any atom is 0.312 e. The van der Waals surface area contributed by atoms with Crippen LogP contribution in [0.15, 0.2) is 42.2 Å². The minimum atomic E-state index is -0.511. The Morgan fingerprint density at radius 1 is 0.725 bits per heavy atom. The third-order valence-electron chi connectivity index (χ3n) is 6.89. The lowest BCUT2D eigenvalue weighted by Crippen LogP contribution is -2.21. The van der Waals surface area contributed by atoms with Gasteiger partial charge in [0.1, 0.15) is 17.2 Å². The van der Waals surface area contributed by atoms with Gasteiger partial charge in [-0.15, -0.1) is 0 Å². The van der Waals surface area contributed by atoms with Crippen molar-refractivity contribution in [2.45, 2.75) is 12.3 Å². The summed E-state index contributed by atoms with van der Waals surface area (Å²) in [5.41, 5.74) is 2.18. The largest absolute Gasteiger partial charge is 0.496 e. The Bertz CT molecular complexity index is 1510. The van der Waals surface area contributed by atoms with Crippen molar-refractivity contribution >= 4 is 17.8 Å². The summed E-state index contributed by atoms with van der Waals surface area (Å²) >= 11 is 0. The number of allylic oxidation sites excluding steroid dienone is 1. The molecule has 0 aliphatic carbocycles. The molecule has 1 atom stereocenters. The van der Waals surface area contributed by atoms with Crippen molar-refractivity contribution in [3.05, 3.63) is 64.4 Å². The lowest BCUT2D eigenvalue weighted by atomic mass is 9.84. The van der Waals surface area contributed by atoms with E-state index in [4.69, 9.17) is 37.9 Å². The van der Waals surface area contributed by atoms with E-state index in [1.807, 2.05) is 0 Å². The predicted molar refractivity (Wildman–Crippen MR) is 144 cm³/mol. The second kappa shape index (κ2) is 10.7. The molecule has 2 aliphatic heterocycles. The average Bonchev–Trinajstić information content (AvgIpc) is 3.29. The molecule has 3 aromatic rings. The molecule has 40 heavy (non-hydrogen) atoms. The Kier molecular flexibility index (Phi) is 7.17. The zero-order chi connectivity index (χ0) is 28.6. The Morgan fingerprint density at radius 2 is 1.35 bits per heavy atom. The fraction of sp³-hybridized carbons (Fsp3) is 0.267. The molecule has 10 nitrogen and oxygen atoms in total. The van der Waals surface area contributed by atoms with Gasteiger partial charge in [-0.1, -0.05) is 0 Å². The third kappa shape index (κ3) is 4.41. The third-order valence-corrected chi connectivity index (χ3v) is 6.89. The van der Waals surface area contributed by atoms with Crippen molar-refractivity contribution in [1.82, 2.24) is 0 Å². The first-order chi connectivity index (χ1) is 19.4. The second-order valence-electron chi connectivity index (χ2n) is 8.93. The highest BCUT2D eigenvalue weighted by atomic mass is 16.5. The van der Waals surface area contributed by atoms with Crippen LogP contribution in [-0.2, 0) is 4.79 Å². The molecule has 10 heteroatoms. The van der Waals surface area contributed by atoms with E-state index in [9.17, 15) is 9.59 Å². The van der Waals surface area contributed by atoms with Gasteiger partial charge in [0.25, 0.3) is 0 Å². The summed E-state index contributed by atoms with van der Waals surface area (Å²) in [4.78, 5) is 26.1. The van der Waals surface area contributed by atoms with Crippen LogP contribution in [0.3, 0.4) is 0 Å². The van der Waals surface area contributed by atoms with Crippen molar-refractivity contribution < 1.29 is 47.5 Å². The number of Topliss-reactive ketones (excluding diaryl/α,β-unsaturated/α-hetero) is 1. The SMILES string of the molecule is COc1cc(OC)c(OC)cc1/C=C1/Oc2c(ccc3c2[C@H](c2cc(OC)c(OC)c(OC)c2)CC(=O)O3)C1=O. The fourth-order valence-electron chi connectivity index (χ4n) is 5.00. The Balaban J connectivity index is 1.63. The van der Waals surface area contributed by atoms with Crippen molar-refractivity contribution in [2.75, 3.05) is 42.7 Å². The van der Waals surface area contributed by atoms with E-state index < -0.39 is 11.9 Å². The van der Waals surface area contributed by atoms with Crippen molar-refractivity contribution in [1.29, 1.82) is 0 Å². The van der Waals surface area contributed by atoms with Crippen LogP contribution in [0.2, 0.25) is 0 Å². The zero-order valence-electron chi connectivity index (χ0n) is 22.9. The van der Waals surface area contributed by atoms with E-state index >= 15 is 0 Å². The van der Waals surface area contributed by atoms with E-state index in [0.29, 0.717) is 68.2 Å². The number of carbonyl (C=O) groups excluding carboxylic acids is 2. The standard InChI is InChI=1S/C30H28O10/c1-33-20-14-22(35-3)21(34-2)11-16(20)12-23-28(32)17-7-8-19-27(29(17)40-23)18(13-26(31)39-19)15-9-24(36-4)30(38-6)25(10-15)37-5/h7-12,14,18H,13H2,1-6H3/b23-12+/t18-/m0/s1. The molecule has 3 aromatic carbocycles. The molecule has 0 unspecified atom stereocenters. The molecule has 0 spiro atoms. The predicted octanol–water partition coefficient (Wildman–Crippen LogP) is 4.80. The van der Waals surface area contributed by atoms with Gasteiger partial charge in [-0.05, 0) is 42.0 Å². The molecule has 0 aromatic heterocycles. The number of rotatable bonds is 8. The first-order valence-corrected chi connectivity index (χ1v) is 12.3. The smallest absolute Gasteiger partial charge is 0.312 e. The van der Waals surface area contributed by atoms with Crippen molar-refractivity contribution in [2.24, 2.45) is 0 Å². The Labute approximate surface area is 230 Å². The normalized spacial score (nSPS) is 16.4. The molecule has 0 bridgehead atoms. The van der Waals surface area contributed by atoms with Gasteiger partial charge in [0.2, 0.25) is 11.5 Å². The molecule has 0 fully saturated rings. The molecule has 5 rings (SSSR count). The van der Waals surface area contributed by atoms with Crippen LogP contribution in [0.25, 0.3) is 6.08 Å². The maximum atomic E-state index is 13.5. The monoisotopic (exact) mass is 548 g/mol. The van der Waals surface area contributed by atoms with Crippen LogP contribution < -0.4 is 37.9 Å². The lowest BCUT2D eigenvalue weighted by molar-refractivity contribution is -0.135. The summed E-state index contributed by atoms with van der Waals surface area (Å²) in [6.45, 7) is 0.